The van der Waals surface area contributed by atoms with Gasteiger partial charge in [0.15, 0.2) is 5.96 Å². The van der Waals surface area contributed by atoms with E-state index in [4.69, 9.17) is 4.74 Å². The molecule has 2 fully saturated rings. The first-order chi connectivity index (χ1) is 13.5. The number of hydrogen-bond donors (Lipinski definition) is 1. The third kappa shape index (κ3) is 5.08. The van der Waals surface area contributed by atoms with E-state index in [-0.39, 0.29) is 5.75 Å². The van der Waals surface area contributed by atoms with Gasteiger partial charge in [-0.1, -0.05) is 0 Å². The van der Waals surface area contributed by atoms with Gasteiger partial charge in [0, 0.05) is 51.5 Å². The molecule has 2 aliphatic heterocycles. The van der Waals surface area contributed by atoms with Crippen LogP contribution in [-0.2, 0) is 10.0 Å². The van der Waals surface area contributed by atoms with Gasteiger partial charge in [0.05, 0.1) is 19.4 Å². The summed E-state index contributed by atoms with van der Waals surface area (Å²) in [6, 6.07) is 8.15. The van der Waals surface area contributed by atoms with Gasteiger partial charge >= 0.3 is 0 Å². The maximum atomic E-state index is 11.9. The van der Waals surface area contributed by atoms with Gasteiger partial charge < -0.3 is 19.9 Å². The van der Waals surface area contributed by atoms with Crippen LogP contribution < -0.4 is 15.0 Å². The Balaban J connectivity index is 1.54. The highest BCUT2D eigenvalue weighted by molar-refractivity contribution is 7.89. The molecule has 0 spiro atoms. The Hall–Kier alpha value is -2.00. The maximum absolute atomic E-state index is 11.9. The van der Waals surface area contributed by atoms with Gasteiger partial charge in [-0.15, -0.1) is 0 Å². The lowest BCUT2D eigenvalue weighted by atomic mass is 10.2. The number of ether oxygens (including phenoxy) is 1. The molecule has 0 atom stereocenters. The van der Waals surface area contributed by atoms with Crippen LogP contribution in [0.25, 0.3) is 0 Å². The summed E-state index contributed by atoms with van der Waals surface area (Å²) in [7, 11) is -1.38. The third-order valence-corrected chi connectivity index (χ3v) is 7.12. The highest BCUT2D eigenvalue weighted by atomic mass is 32.2. The van der Waals surface area contributed by atoms with E-state index in [2.05, 4.69) is 32.2 Å². The monoisotopic (exact) mass is 409 g/mol. The smallest absolute Gasteiger partial charge is 0.214 e. The lowest BCUT2D eigenvalue weighted by molar-refractivity contribution is 0.371. The van der Waals surface area contributed by atoms with Crippen molar-refractivity contribution in [2.24, 2.45) is 4.99 Å². The second-order valence-corrected chi connectivity index (χ2v) is 9.06. The summed E-state index contributed by atoms with van der Waals surface area (Å²) in [6.45, 7) is 7.99. The molecule has 2 saturated heterocycles. The van der Waals surface area contributed by atoms with E-state index >= 15 is 0 Å². The fraction of sp³-hybridized carbons (Fsp3) is 0.632. The van der Waals surface area contributed by atoms with Crippen LogP contribution in [0, 0.1) is 0 Å². The minimum atomic E-state index is -3.05. The lowest BCUT2D eigenvalue weighted by Gasteiger charge is -2.37. The molecule has 0 radical (unpaired) electrons. The molecule has 8 nitrogen and oxygen atoms in total. The normalized spacial score (nSPS) is 20.4. The first kappa shape index (κ1) is 20.7. The zero-order valence-electron chi connectivity index (χ0n) is 16.8. The van der Waals surface area contributed by atoms with Crippen LogP contribution in [0.5, 0.6) is 5.75 Å². The standard InChI is InChI=1S/C19H31N5O3S/c1-3-20-19(21-9-11-24-10-4-16-28(24,25)26)23-14-12-22(13-15-23)17-5-7-18(27-2)8-6-17/h5-8H,3-4,9-16H2,1-2H3,(H,20,21). The number of nitrogens with zero attached hydrogens (tertiary/aromatic N) is 4. The van der Waals surface area contributed by atoms with E-state index in [0.717, 1.165) is 50.9 Å². The molecular weight excluding hydrogens is 378 g/mol. The van der Waals surface area contributed by atoms with Crippen LogP contribution >= 0.6 is 0 Å². The summed E-state index contributed by atoms with van der Waals surface area (Å²) in [5, 5.41) is 3.34. The minimum absolute atomic E-state index is 0.268. The Kier molecular flexibility index (Phi) is 7.01. The number of guanidine groups is 1. The van der Waals surface area contributed by atoms with E-state index < -0.39 is 10.0 Å². The van der Waals surface area contributed by atoms with Gasteiger partial charge in [-0.25, -0.2) is 12.7 Å². The van der Waals surface area contributed by atoms with Crippen molar-refractivity contribution in [2.45, 2.75) is 13.3 Å². The number of rotatable bonds is 6. The molecule has 0 aliphatic carbocycles. The molecule has 0 unspecified atom stereocenters. The molecule has 0 bridgehead atoms. The zero-order chi connectivity index (χ0) is 20.0. The topological polar surface area (TPSA) is 77.5 Å². The Morgan fingerprint density at radius 2 is 1.86 bits per heavy atom. The molecule has 1 aromatic rings. The molecule has 9 heteroatoms. The van der Waals surface area contributed by atoms with E-state index in [1.807, 2.05) is 19.1 Å². The van der Waals surface area contributed by atoms with E-state index in [1.54, 1.807) is 11.4 Å². The number of nitrogens with one attached hydrogen (secondary N) is 1. The van der Waals surface area contributed by atoms with Crippen molar-refractivity contribution in [1.82, 2.24) is 14.5 Å². The average molecular weight is 410 g/mol. The first-order valence-electron chi connectivity index (χ1n) is 9.93. The molecule has 3 rings (SSSR count). The summed E-state index contributed by atoms with van der Waals surface area (Å²) in [4.78, 5) is 9.29. The molecular formula is C19H31N5O3S. The summed E-state index contributed by atoms with van der Waals surface area (Å²) in [5.41, 5.74) is 1.20. The van der Waals surface area contributed by atoms with E-state index in [9.17, 15) is 8.42 Å². The minimum Gasteiger partial charge on any atom is -0.497 e. The quantitative estimate of drug-likeness (QED) is 0.554. The molecule has 0 aromatic heterocycles. The molecule has 1 N–H and O–H groups in total. The maximum Gasteiger partial charge on any atom is 0.214 e. The number of methoxy groups -OCH3 is 1. The Labute approximate surface area is 168 Å². The number of sulfonamides is 1. The summed E-state index contributed by atoms with van der Waals surface area (Å²) in [5.74, 6) is 2.00. The van der Waals surface area contributed by atoms with Crippen molar-refractivity contribution in [3.05, 3.63) is 24.3 Å². The summed E-state index contributed by atoms with van der Waals surface area (Å²) in [6.07, 6.45) is 0.722. The number of piperazine rings is 1. The van der Waals surface area contributed by atoms with E-state index in [1.165, 1.54) is 5.69 Å². The SMILES string of the molecule is CCNC(=NCCN1CCCS1(=O)=O)N1CCN(c2ccc(OC)cc2)CC1. The van der Waals surface area contributed by atoms with Crippen LogP contribution in [0.2, 0.25) is 0 Å². The number of aliphatic imine (C=N–C) groups is 1. The van der Waals surface area contributed by atoms with Gasteiger partial charge in [0.2, 0.25) is 10.0 Å². The van der Waals surface area contributed by atoms with Crippen molar-refractivity contribution in [3.63, 3.8) is 0 Å². The fourth-order valence-corrected chi connectivity index (χ4v) is 5.12. The van der Waals surface area contributed by atoms with Crippen LogP contribution in [0.1, 0.15) is 13.3 Å². The molecule has 2 aliphatic rings. The van der Waals surface area contributed by atoms with Gasteiger partial charge in [0.25, 0.3) is 0 Å². The highest BCUT2D eigenvalue weighted by Gasteiger charge is 2.27. The van der Waals surface area contributed by atoms with Crippen molar-refractivity contribution < 1.29 is 13.2 Å². The van der Waals surface area contributed by atoms with Crippen molar-refractivity contribution in [3.8, 4) is 5.75 Å². The Morgan fingerprint density at radius 1 is 1.14 bits per heavy atom. The van der Waals surface area contributed by atoms with Crippen molar-refractivity contribution in [2.75, 3.05) is 70.1 Å². The Morgan fingerprint density at radius 3 is 2.43 bits per heavy atom. The van der Waals surface area contributed by atoms with Gasteiger partial charge in [-0.3, -0.25) is 4.99 Å². The lowest BCUT2D eigenvalue weighted by Crippen LogP contribution is -2.52. The number of benzene rings is 1. The molecule has 1 aromatic carbocycles. The predicted molar refractivity (Wildman–Crippen MR) is 113 cm³/mol. The summed E-state index contributed by atoms with van der Waals surface area (Å²) < 4.78 is 30.6. The first-order valence-corrected chi connectivity index (χ1v) is 11.5. The molecule has 2 heterocycles. The fourth-order valence-electron chi connectivity index (χ4n) is 3.61. The Bertz CT molecular complexity index is 758. The van der Waals surface area contributed by atoms with Crippen LogP contribution in [-0.4, -0.2) is 88.8 Å². The number of anilines is 1. The molecule has 0 amide bonds. The number of hydrogen-bond acceptors (Lipinski definition) is 5. The van der Waals surface area contributed by atoms with Crippen molar-refractivity contribution in [1.29, 1.82) is 0 Å². The van der Waals surface area contributed by atoms with Gasteiger partial charge in [-0.2, -0.15) is 0 Å². The van der Waals surface area contributed by atoms with Gasteiger partial charge in [-0.05, 0) is 37.6 Å². The molecule has 0 saturated carbocycles. The van der Waals surface area contributed by atoms with E-state index in [0.29, 0.717) is 19.6 Å². The van der Waals surface area contributed by atoms with Crippen LogP contribution in [0.4, 0.5) is 5.69 Å². The summed E-state index contributed by atoms with van der Waals surface area (Å²) >= 11 is 0. The van der Waals surface area contributed by atoms with Crippen molar-refractivity contribution >= 4 is 21.7 Å². The van der Waals surface area contributed by atoms with Gasteiger partial charge in [0.1, 0.15) is 5.75 Å². The molecule has 28 heavy (non-hydrogen) atoms. The van der Waals surface area contributed by atoms with Crippen LogP contribution in [0.15, 0.2) is 29.3 Å². The van der Waals surface area contributed by atoms with Crippen LogP contribution in [0.3, 0.4) is 0 Å². The third-order valence-electron chi connectivity index (χ3n) is 5.17. The second-order valence-electron chi connectivity index (χ2n) is 6.98. The molecule has 156 valence electrons. The second kappa shape index (κ2) is 9.47. The average Bonchev–Trinajstić information content (AvgIpc) is 3.05. The zero-order valence-corrected chi connectivity index (χ0v) is 17.6. The predicted octanol–water partition coefficient (Wildman–Crippen LogP) is 0.818. The largest absolute Gasteiger partial charge is 0.497 e. The highest BCUT2D eigenvalue weighted by Crippen LogP contribution is 2.20.